The molecule has 1 aromatic carbocycles. The van der Waals surface area contributed by atoms with Gasteiger partial charge in [0.25, 0.3) is 0 Å². The standard InChI is InChI=1S/C19H24N4OS/c1-15(18(24)20-13-12-16-8-4-2-5-9-16)25-19-21-14-23(22-19)17-10-6-3-7-11-17/h3,6-8,10-11,14-15H,2,4-5,9,12-13H2,1H3,(H,20,24)/t15-/m1/s1. The van der Waals surface area contributed by atoms with Crippen LogP contribution >= 0.6 is 11.8 Å². The molecule has 0 aliphatic heterocycles. The Bertz CT molecular complexity index is 726. The quantitative estimate of drug-likeness (QED) is 0.606. The van der Waals surface area contributed by atoms with Gasteiger partial charge in [0, 0.05) is 6.54 Å². The van der Waals surface area contributed by atoms with Crippen molar-refractivity contribution in [2.45, 2.75) is 49.4 Å². The second-order valence-electron chi connectivity index (χ2n) is 6.22. The molecule has 1 atom stereocenters. The number of rotatable bonds is 7. The Morgan fingerprint density at radius 2 is 2.16 bits per heavy atom. The highest BCUT2D eigenvalue weighted by Crippen LogP contribution is 2.21. The first kappa shape index (κ1) is 17.7. The maximum Gasteiger partial charge on any atom is 0.233 e. The number of para-hydroxylation sites is 1. The number of benzene rings is 1. The Hall–Kier alpha value is -2.08. The fraction of sp³-hybridized carbons (Fsp3) is 0.421. The molecule has 0 fully saturated rings. The number of thioether (sulfide) groups is 1. The van der Waals surface area contributed by atoms with Crippen molar-refractivity contribution in [3.63, 3.8) is 0 Å². The molecule has 132 valence electrons. The Morgan fingerprint density at radius 3 is 2.92 bits per heavy atom. The van der Waals surface area contributed by atoms with Crippen LogP contribution in [-0.4, -0.2) is 32.5 Å². The average Bonchev–Trinajstić information content (AvgIpc) is 3.12. The highest BCUT2D eigenvalue weighted by Gasteiger charge is 2.17. The molecule has 1 heterocycles. The molecular formula is C19H24N4OS. The average molecular weight is 356 g/mol. The monoisotopic (exact) mass is 356 g/mol. The number of carbonyl (C=O) groups excluding carboxylic acids is 1. The molecule has 1 aromatic heterocycles. The van der Waals surface area contributed by atoms with Crippen LogP contribution in [0.5, 0.6) is 0 Å². The molecule has 0 unspecified atom stereocenters. The van der Waals surface area contributed by atoms with Crippen molar-refractivity contribution in [1.82, 2.24) is 20.1 Å². The summed E-state index contributed by atoms with van der Waals surface area (Å²) < 4.78 is 1.72. The molecule has 3 rings (SSSR count). The zero-order chi connectivity index (χ0) is 17.5. The minimum atomic E-state index is -0.216. The molecule has 0 radical (unpaired) electrons. The summed E-state index contributed by atoms with van der Waals surface area (Å²) in [6, 6.07) is 9.83. The molecule has 2 aromatic rings. The zero-order valence-corrected chi connectivity index (χ0v) is 15.3. The van der Waals surface area contributed by atoms with Crippen molar-refractivity contribution < 1.29 is 4.79 Å². The van der Waals surface area contributed by atoms with E-state index in [2.05, 4.69) is 21.5 Å². The zero-order valence-electron chi connectivity index (χ0n) is 14.5. The topological polar surface area (TPSA) is 59.8 Å². The molecule has 0 saturated carbocycles. The predicted molar refractivity (Wildman–Crippen MR) is 101 cm³/mol. The molecule has 1 amide bonds. The lowest BCUT2D eigenvalue weighted by Gasteiger charge is -2.14. The van der Waals surface area contributed by atoms with Crippen molar-refractivity contribution >= 4 is 17.7 Å². The van der Waals surface area contributed by atoms with Gasteiger partial charge >= 0.3 is 0 Å². The van der Waals surface area contributed by atoms with Crippen molar-refractivity contribution in [3.05, 3.63) is 48.3 Å². The van der Waals surface area contributed by atoms with Crippen LogP contribution in [0.1, 0.15) is 39.0 Å². The first-order chi connectivity index (χ1) is 12.2. The summed E-state index contributed by atoms with van der Waals surface area (Å²) in [7, 11) is 0. The summed E-state index contributed by atoms with van der Waals surface area (Å²) >= 11 is 1.38. The van der Waals surface area contributed by atoms with Crippen LogP contribution in [-0.2, 0) is 4.79 Å². The predicted octanol–water partition coefficient (Wildman–Crippen LogP) is 3.75. The van der Waals surface area contributed by atoms with Crippen LogP contribution in [0.25, 0.3) is 5.69 Å². The van der Waals surface area contributed by atoms with Crippen molar-refractivity contribution in [1.29, 1.82) is 0 Å². The van der Waals surface area contributed by atoms with E-state index < -0.39 is 0 Å². The molecule has 1 N–H and O–H groups in total. The minimum absolute atomic E-state index is 0.0393. The number of amides is 1. The fourth-order valence-electron chi connectivity index (χ4n) is 2.84. The van der Waals surface area contributed by atoms with Crippen LogP contribution in [0.15, 0.2) is 53.5 Å². The van der Waals surface area contributed by atoms with E-state index in [0.29, 0.717) is 11.7 Å². The number of hydrogen-bond acceptors (Lipinski definition) is 4. The van der Waals surface area contributed by atoms with Gasteiger partial charge in [-0.3, -0.25) is 4.79 Å². The van der Waals surface area contributed by atoms with Crippen molar-refractivity contribution in [2.75, 3.05) is 6.54 Å². The number of hydrogen-bond donors (Lipinski definition) is 1. The SMILES string of the molecule is C[C@@H](Sc1ncn(-c2ccccc2)n1)C(=O)NCCC1=CCCCC1. The molecule has 25 heavy (non-hydrogen) atoms. The third kappa shape index (κ3) is 5.19. The summed E-state index contributed by atoms with van der Waals surface area (Å²) in [6.07, 6.45) is 9.91. The highest BCUT2D eigenvalue weighted by molar-refractivity contribution is 8.00. The van der Waals surface area contributed by atoms with Gasteiger partial charge in [0.1, 0.15) is 6.33 Å². The lowest BCUT2D eigenvalue weighted by atomic mass is 9.97. The van der Waals surface area contributed by atoms with E-state index in [9.17, 15) is 4.79 Å². The third-order valence-corrected chi connectivity index (χ3v) is 5.24. The van der Waals surface area contributed by atoms with E-state index in [1.807, 2.05) is 37.3 Å². The van der Waals surface area contributed by atoms with Gasteiger partial charge in [0.2, 0.25) is 11.1 Å². The second kappa shape index (κ2) is 8.85. The summed E-state index contributed by atoms with van der Waals surface area (Å²) in [5, 5.41) is 7.86. The van der Waals surface area contributed by atoms with E-state index >= 15 is 0 Å². The Morgan fingerprint density at radius 1 is 1.32 bits per heavy atom. The maximum absolute atomic E-state index is 12.3. The Labute approximate surface area is 152 Å². The largest absolute Gasteiger partial charge is 0.355 e. The molecule has 6 heteroatoms. The van der Waals surface area contributed by atoms with Crippen LogP contribution in [0.4, 0.5) is 0 Å². The fourth-order valence-corrected chi connectivity index (χ4v) is 3.59. The summed E-state index contributed by atoms with van der Waals surface area (Å²) in [6.45, 7) is 2.60. The molecular weight excluding hydrogens is 332 g/mol. The summed E-state index contributed by atoms with van der Waals surface area (Å²) in [5.41, 5.74) is 2.44. The van der Waals surface area contributed by atoms with E-state index in [4.69, 9.17) is 0 Å². The lowest BCUT2D eigenvalue weighted by molar-refractivity contribution is -0.120. The van der Waals surface area contributed by atoms with Crippen molar-refractivity contribution in [3.8, 4) is 5.69 Å². The van der Waals surface area contributed by atoms with Gasteiger partial charge < -0.3 is 5.32 Å². The molecule has 0 bridgehead atoms. The third-order valence-electron chi connectivity index (χ3n) is 4.27. The summed E-state index contributed by atoms with van der Waals surface area (Å²) in [4.78, 5) is 16.5. The highest BCUT2D eigenvalue weighted by atomic mass is 32.2. The van der Waals surface area contributed by atoms with Gasteiger partial charge in [-0.25, -0.2) is 9.67 Å². The minimum Gasteiger partial charge on any atom is -0.355 e. The number of nitrogens with one attached hydrogen (secondary N) is 1. The first-order valence-electron chi connectivity index (χ1n) is 8.82. The molecule has 5 nitrogen and oxygen atoms in total. The summed E-state index contributed by atoms with van der Waals surface area (Å²) in [5.74, 6) is 0.0393. The van der Waals surface area contributed by atoms with Crippen LogP contribution < -0.4 is 5.32 Å². The molecule has 1 aliphatic carbocycles. The van der Waals surface area contributed by atoms with E-state index in [0.717, 1.165) is 12.1 Å². The van der Waals surface area contributed by atoms with Gasteiger partial charge in [-0.15, -0.1) is 5.10 Å². The second-order valence-corrected chi connectivity index (χ2v) is 7.52. The van der Waals surface area contributed by atoms with E-state index in [-0.39, 0.29) is 11.2 Å². The normalized spacial score (nSPS) is 15.5. The van der Waals surface area contributed by atoms with Gasteiger partial charge in [-0.2, -0.15) is 0 Å². The lowest BCUT2D eigenvalue weighted by Crippen LogP contribution is -2.32. The van der Waals surface area contributed by atoms with Crippen LogP contribution in [0, 0.1) is 0 Å². The maximum atomic E-state index is 12.3. The number of allylic oxidation sites excluding steroid dienone is 1. The van der Waals surface area contributed by atoms with Gasteiger partial charge in [-0.1, -0.05) is 41.6 Å². The van der Waals surface area contributed by atoms with E-state index in [1.54, 1.807) is 11.0 Å². The van der Waals surface area contributed by atoms with E-state index in [1.165, 1.54) is 43.0 Å². The molecule has 0 saturated heterocycles. The van der Waals surface area contributed by atoms with Crippen molar-refractivity contribution in [2.24, 2.45) is 0 Å². The van der Waals surface area contributed by atoms with Gasteiger partial charge in [0.05, 0.1) is 10.9 Å². The Balaban J connectivity index is 1.46. The van der Waals surface area contributed by atoms with Crippen LogP contribution in [0.2, 0.25) is 0 Å². The first-order valence-corrected chi connectivity index (χ1v) is 9.70. The smallest absolute Gasteiger partial charge is 0.233 e. The van der Waals surface area contributed by atoms with Gasteiger partial charge in [0.15, 0.2) is 0 Å². The molecule has 0 spiro atoms. The number of carbonyl (C=O) groups is 1. The van der Waals surface area contributed by atoms with Gasteiger partial charge in [-0.05, 0) is 51.2 Å². The van der Waals surface area contributed by atoms with Crippen LogP contribution in [0.3, 0.4) is 0 Å². The number of nitrogens with zero attached hydrogens (tertiary/aromatic N) is 3. The Kier molecular flexibility index (Phi) is 6.28. The number of aromatic nitrogens is 3. The molecule has 1 aliphatic rings.